The van der Waals surface area contributed by atoms with E-state index in [0.717, 1.165) is 0 Å². The van der Waals surface area contributed by atoms with Gasteiger partial charge in [0, 0.05) is 25.0 Å². The number of aromatic nitrogens is 5. The summed E-state index contributed by atoms with van der Waals surface area (Å²) in [6, 6.07) is 1.36. The molecule has 0 aliphatic heterocycles. The number of nitrogens with zero attached hydrogens (tertiary/aromatic N) is 4. The lowest BCUT2D eigenvalue weighted by atomic mass is 9.89. The van der Waals surface area contributed by atoms with Crippen molar-refractivity contribution in [3.63, 3.8) is 0 Å². The third-order valence-corrected chi connectivity index (χ3v) is 6.48. The minimum absolute atomic E-state index is 0.0203. The molecule has 14 nitrogen and oxygen atoms in total. The summed E-state index contributed by atoms with van der Waals surface area (Å²) in [4.78, 5) is 90.1. The minimum Gasteiger partial charge on any atom is -0.462 e. The molecule has 0 amide bonds. The molecular formula is C27H17N5O9. The molecule has 0 aromatic carbocycles. The number of rotatable bonds is 6. The average Bonchev–Trinajstić information content (AvgIpc) is 3.58. The third kappa shape index (κ3) is 3.79. The number of furan rings is 1. The Morgan fingerprint density at radius 3 is 2.17 bits per heavy atom. The molecule has 6 rings (SSSR count). The molecule has 41 heavy (non-hydrogen) atoms. The largest absolute Gasteiger partial charge is 0.462 e. The average molecular weight is 555 g/mol. The van der Waals surface area contributed by atoms with Crippen LogP contribution in [0, 0.1) is 0 Å². The second-order valence-corrected chi connectivity index (χ2v) is 8.85. The number of carbonyl (C=O) groups is 6. The number of aromatic amines is 1. The number of nitrogens with one attached hydrogen (secondary N) is 1. The van der Waals surface area contributed by atoms with E-state index in [2.05, 4.69) is 25.1 Å². The molecule has 0 radical (unpaired) electrons. The summed E-state index contributed by atoms with van der Waals surface area (Å²) in [6.45, 7) is 3.19. The van der Waals surface area contributed by atoms with Crippen LogP contribution in [0.2, 0.25) is 0 Å². The highest BCUT2D eigenvalue weighted by Gasteiger charge is 2.42. The predicted molar refractivity (Wildman–Crippen MR) is 132 cm³/mol. The van der Waals surface area contributed by atoms with Crippen molar-refractivity contribution in [1.29, 1.82) is 0 Å². The van der Waals surface area contributed by atoms with Gasteiger partial charge in [0.25, 0.3) is 0 Å². The molecule has 0 atom stereocenters. The Balaban J connectivity index is 1.41. The van der Waals surface area contributed by atoms with Crippen LogP contribution >= 0.6 is 0 Å². The third-order valence-electron chi connectivity index (χ3n) is 6.48. The Kier molecular flexibility index (Phi) is 5.94. The van der Waals surface area contributed by atoms with E-state index in [1.807, 2.05) is 0 Å². The lowest BCUT2D eigenvalue weighted by Crippen LogP contribution is -2.24. The van der Waals surface area contributed by atoms with Crippen molar-refractivity contribution in [3.05, 3.63) is 92.5 Å². The first-order valence-corrected chi connectivity index (χ1v) is 12.3. The van der Waals surface area contributed by atoms with E-state index < -0.39 is 35.1 Å². The first-order valence-electron chi connectivity index (χ1n) is 12.3. The van der Waals surface area contributed by atoms with Crippen molar-refractivity contribution in [2.45, 2.75) is 20.3 Å². The Hall–Kier alpha value is -5.66. The molecule has 0 fully saturated rings. The number of ketones is 4. The molecular weight excluding hydrogens is 538 g/mol. The van der Waals surface area contributed by atoms with Crippen molar-refractivity contribution >= 4 is 35.1 Å². The van der Waals surface area contributed by atoms with Crippen LogP contribution in [-0.2, 0) is 15.9 Å². The van der Waals surface area contributed by atoms with Gasteiger partial charge in [0.05, 0.1) is 29.9 Å². The zero-order valence-electron chi connectivity index (χ0n) is 21.4. The molecule has 4 heterocycles. The second-order valence-electron chi connectivity index (χ2n) is 8.85. The van der Waals surface area contributed by atoms with Gasteiger partial charge >= 0.3 is 11.9 Å². The molecule has 4 aromatic heterocycles. The van der Waals surface area contributed by atoms with Gasteiger partial charge in [-0.3, -0.25) is 29.3 Å². The summed E-state index contributed by atoms with van der Waals surface area (Å²) >= 11 is 0. The number of ether oxygens (including phenoxy) is 2. The number of esters is 2. The smallest absolute Gasteiger partial charge is 0.357 e. The molecule has 0 saturated heterocycles. The first-order chi connectivity index (χ1) is 19.8. The predicted octanol–water partition coefficient (Wildman–Crippen LogP) is 1.68. The minimum atomic E-state index is -0.897. The van der Waals surface area contributed by atoms with Crippen LogP contribution in [0.15, 0.2) is 29.1 Å². The van der Waals surface area contributed by atoms with Crippen molar-refractivity contribution in [3.8, 4) is 0 Å². The SMILES string of the molecule is CCOC(=O)c1[nH]nc2c1C(=O)c1ncc(Cc3oc4c(c3C(=O)OCC)C(=O)c3nccnc3C4=O)cc1C2=O. The maximum atomic E-state index is 13.3. The maximum Gasteiger partial charge on any atom is 0.357 e. The van der Waals surface area contributed by atoms with Crippen LogP contribution < -0.4 is 0 Å². The molecule has 2 aliphatic carbocycles. The molecule has 0 unspecified atom stereocenters. The van der Waals surface area contributed by atoms with Gasteiger partial charge in [-0.2, -0.15) is 5.10 Å². The van der Waals surface area contributed by atoms with Crippen molar-refractivity contribution < 1.29 is 42.7 Å². The maximum absolute atomic E-state index is 13.3. The lowest BCUT2D eigenvalue weighted by Gasteiger charge is -2.14. The van der Waals surface area contributed by atoms with E-state index in [1.54, 1.807) is 13.8 Å². The standard InChI is InChI=1S/C27H17N5O9/c1-3-39-26(37)13-12(41-25-14(13)22(34)19-20(24(25)36)29-6-5-28-19)8-10-7-11-16(30-9-10)23(35)15-17(21(11)33)31-32-18(15)27(38)40-4-2/h5-7,9H,3-4,8H2,1-2H3,(H,31,32). The summed E-state index contributed by atoms with van der Waals surface area (Å²) in [5.41, 5.74) is -1.73. The Bertz CT molecular complexity index is 1870. The van der Waals surface area contributed by atoms with Crippen LogP contribution in [0.25, 0.3) is 0 Å². The normalized spacial score (nSPS) is 13.3. The van der Waals surface area contributed by atoms with Gasteiger partial charge in [0.2, 0.25) is 23.1 Å². The number of fused-ring (bicyclic) bond motifs is 4. The van der Waals surface area contributed by atoms with Crippen LogP contribution in [0.5, 0.6) is 0 Å². The van der Waals surface area contributed by atoms with Crippen LogP contribution in [-0.4, -0.2) is 73.4 Å². The zero-order chi connectivity index (χ0) is 29.0. The quantitative estimate of drug-likeness (QED) is 0.291. The highest BCUT2D eigenvalue weighted by molar-refractivity contribution is 6.29. The summed E-state index contributed by atoms with van der Waals surface area (Å²) in [6.07, 6.45) is 3.57. The summed E-state index contributed by atoms with van der Waals surface area (Å²) in [5, 5.41) is 6.24. The first kappa shape index (κ1) is 25.6. The molecule has 0 spiro atoms. The van der Waals surface area contributed by atoms with Crippen molar-refractivity contribution in [1.82, 2.24) is 25.1 Å². The second kappa shape index (κ2) is 9.51. The van der Waals surface area contributed by atoms with E-state index in [4.69, 9.17) is 13.9 Å². The fourth-order valence-corrected chi connectivity index (χ4v) is 4.76. The van der Waals surface area contributed by atoms with Gasteiger partial charge in [-0.25, -0.2) is 19.6 Å². The number of carbonyl (C=O) groups excluding carboxylic acids is 6. The van der Waals surface area contributed by atoms with Crippen LogP contribution in [0.3, 0.4) is 0 Å². The fraction of sp³-hybridized carbons (Fsp3) is 0.185. The van der Waals surface area contributed by atoms with E-state index in [0.29, 0.717) is 5.56 Å². The highest BCUT2D eigenvalue weighted by atomic mass is 16.5. The number of hydrogen-bond donors (Lipinski definition) is 1. The number of pyridine rings is 1. The zero-order valence-corrected chi connectivity index (χ0v) is 21.4. The lowest BCUT2D eigenvalue weighted by molar-refractivity contribution is 0.0510. The van der Waals surface area contributed by atoms with Gasteiger partial charge in [0.1, 0.15) is 34.1 Å². The Morgan fingerprint density at radius 2 is 1.46 bits per heavy atom. The summed E-state index contributed by atoms with van der Waals surface area (Å²) in [5.74, 6) is -5.04. The van der Waals surface area contributed by atoms with Gasteiger partial charge in [-0.05, 0) is 25.5 Å². The molecule has 204 valence electrons. The van der Waals surface area contributed by atoms with Gasteiger partial charge < -0.3 is 13.9 Å². The van der Waals surface area contributed by atoms with E-state index in [-0.39, 0.29) is 81.9 Å². The molecule has 0 saturated carbocycles. The Morgan fingerprint density at radius 1 is 0.805 bits per heavy atom. The Labute approximate surface area is 229 Å². The fourth-order valence-electron chi connectivity index (χ4n) is 4.76. The van der Waals surface area contributed by atoms with E-state index in [1.165, 1.54) is 24.7 Å². The van der Waals surface area contributed by atoms with Gasteiger partial charge in [-0.1, -0.05) is 0 Å². The topological polar surface area (TPSA) is 201 Å². The van der Waals surface area contributed by atoms with Gasteiger partial charge in [0.15, 0.2) is 11.5 Å². The molecule has 0 bridgehead atoms. The van der Waals surface area contributed by atoms with Crippen LogP contribution in [0.1, 0.15) is 110 Å². The molecule has 1 N–H and O–H groups in total. The van der Waals surface area contributed by atoms with Gasteiger partial charge in [-0.15, -0.1) is 0 Å². The van der Waals surface area contributed by atoms with Crippen molar-refractivity contribution in [2.24, 2.45) is 0 Å². The number of hydrogen-bond acceptors (Lipinski definition) is 13. The van der Waals surface area contributed by atoms with Crippen LogP contribution in [0.4, 0.5) is 0 Å². The molecule has 14 heteroatoms. The molecule has 4 aromatic rings. The number of H-pyrrole nitrogens is 1. The van der Waals surface area contributed by atoms with E-state index in [9.17, 15) is 28.8 Å². The summed E-state index contributed by atoms with van der Waals surface area (Å²) in [7, 11) is 0. The summed E-state index contributed by atoms with van der Waals surface area (Å²) < 4.78 is 15.8. The van der Waals surface area contributed by atoms with Crippen molar-refractivity contribution in [2.75, 3.05) is 13.2 Å². The monoisotopic (exact) mass is 555 g/mol. The molecule has 2 aliphatic rings. The highest BCUT2D eigenvalue weighted by Crippen LogP contribution is 2.34. The van der Waals surface area contributed by atoms with E-state index >= 15 is 0 Å².